The second-order valence-electron chi connectivity index (χ2n) is 25.6. The van der Waals surface area contributed by atoms with Crippen LogP contribution >= 0.6 is 13.5 Å². The minimum atomic E-state index is -1.76. The highest BCUT2D eigenvalue weighted by Crippen LogP contribution is 2.22. The van der Waals surface area contributed by atoms with Crippen LogP contribution in [-0.2, 0) is 57.5 Å². The number of aliphatic hydroxyl groups is 1. The summed E-state index contributed by atoms with van der Waals surface area (Å²) in [6.45, 7) is 26.8. The van der Waals surface area contributed by atoms with Crippen LogP contribution in [0.25, 0.3) is 0 Å². The Morgan fingerprint density at radius 1 is 0.506 bits per heavy atom. The van der Waals surface area contributed by atoms with Gasteiger partial charge in [-0.2, -0.15) is 13.5 Å². The number of hydrogen-bond donors (Lipinski definition) is 9. The number of carboxylic acid groups (broad SMARTS) is 1. The predicted octanol–water partition coefficient (Wildman–Crippen LogP) is 2.20. The van der Waals surface area contributed by atoms with Gasteiger partial charge in [-0.25, -0.2) is 0 Å². The van der Waals surface area contributed by atoms with Crippen LogP contribution in [0.2, 0.25) is 0 Å². The third-order valence-electron chi connectivity index (χ3n) is 15.3. The van der Waals surface area contributed by atoms with Gasteiger partial charge in [-0.3, -0.25) is 57.5 Å². The standard InChI is InChI=1S/C61H107N11O14.H2S/c1-21-41-53(78)62-31-46(73)69(17)43(28-33(4)5)56(81)67-48(36(10)11)61(86)71(19)44(29-34(6)7)54(79)63-39(15)52(77)64-40(16)59(84)70(18)45(30-35(8)9)55(80)66-42(27-32(2)3)60(85)72(20)50(37(12)13)58(83)68-49(57(82)65-41)51(76)38(14)25-23-22-24-26-47(74)75;/h22-23,32-45,48-51,76H,21,24-31H2,1-20H3,(H,62,78)(H,63,79)(H,64,77)(H,65,82)(H,66,80)(H,67,81)(H,68,83)(H,74,75);1H2/b23-22+;/t38-,39+,40-,41+,42+,43+,44+,45-,48+,49?,50+,51-;/m1./s1. The zero-order valence-corrected chi connectivity index (χ0v) is 56.5. The molecular formula is C61H109N11O14S. The van der Waals surface area contributed by atoms with E-state index in [2.05, 4.69) is 37.2 Å². The monoisotopic (exact) mass is 1250 g/mol. The molecule has 1 aliphatic heterocycles. The highest BCUT2D eigenvalue weighted by atomic mass is 32.1. The molecule has 0 aromatic carbocycles. The van der Waals surface area contributed by atoms with E-state index in [0.29, 0.717) is 0 Å². The lowest BCUT2D eigenvalue weighted by Gasteiger charge is -2.36. The molecule has 0 saturated carbocycles. The van der Waals surface area contributed by atoms with E-state index >= 15 is 0 Å². The van der Waals surface area contributed by atoms with Crippen LogP contribution in [0.3, 0.4) is 0 Å². The van der Waals surface area contributed by atoms with Gasteiger partial charge in [0.25, 0.3) is 0 Å². The molecule has 9 N–H and O–H groups in total. The maximum Gasteiger partial charge on any atom is 0.303 e. The Labute approximate surface area is 524 Å². The second kappa shape index (κ2) is 38.2. The van der Waals surface area contributed by atoms with E-state index < -0.39 is 162 Å². The molecule has 0 aromatic rings. The Morgan fingerprint density at radius 3 is 1.43 bits per heavy atom. The minimum Gasteiger partial charge on any atom is -0.481 e. The molecule has 0 aliphatic carbocycles. The summed E-state index contributed by atoms with van der Waals surface area (Å²) in [5.41, 5.74) is 0. The third-order valence-corrected chi connectivity index (χ3v) is 15.3. The molecule has 1 rings (SSSR count). The van der Waals surface area contributed by atoms with Crippen LogP contribution < -0.4 is 37.2 Å². The van der Waals surface area contributed by atoms with Crippen LogP contribution in [0.1, 0.15) is 162 Å². The molecule has 25 nitrogen and oxygen atoms in total. The number of carbonyl (C=O) groups excluding carboxylic acids is 11. The van der Waals surface area contributed by atoms with Gasteiger partial charge in [0.1, 0.15) is 60.4 Å². The number of aliphatic carboxylic acids is 1. The summed E-state index contributed by atoms with van der Waals surface area (Å²) in [7, 11) is 5.55. The fourth-order valence-corrected chi connectivity index (χ4v) is 10.1. The van der Waals surface area contributed by atoms with Gasteiger partial charge in [-0.05, 0) is 100 Å². The van der Waals surface area contributed by atoms with Crippen LogP contribution in [0.4, 0.5) is 0 Å². The number of carboxylic acids is 1. The molecule has 11 amide bonds. The average molecular weight is 1250 g/mol. The maximum absolute atomic E-state index is 14.8. The molecule has 0 aromatic heterocycles. The SMILES string of the molecule is CC[C@@H]1NC(=O)C([C@H](O)[C@H](C)C/C=C/CCC(=O)O)NC(=O)[C@H](C(C)C)N(C)C(=O)[C@H](CC(C)C)NC(=O)[C@@H](CC(C)C)N(C)C(=O)[C@@H](C)NC(=O)[C@H](C)NC(=O)[C@H](CC(C)C)N(C)C(=O)[C@H](C(C)C)NC(=O)[C@H](CC(C)C)N(C)C(=O)CNC1=O.S. The van der Waals surface area contributed by atoms with Gasteiger partial charge >= 0.3 is 5.97 Å². The summed E-state index contributed by atoms with van der Waals surface area (Å²) in [6.07, 6.45) is 2.21. The van der Waals surface area contributed by atoms with Gasteiger partial charge < -0.3 is 67.0 Å². The fourth-order valence-electron chi connectivity index (χ4n) is 10.1. The van der Waals surface area contributed by atoms with E-state index in [0.717, 1.165) is 9.80 Å². The van der Waals surface area contributed by atoms with Crippen molar-refractivity contribution in [1.82, 2.24) is 56.8 Å². The second-order valence-corrected chi connectivity index (χ2v) is 25.6. The van der Waals surface area contributed by atoms with Crippen molar-refractivity contribution in [3.8, 4) is 0 Å². The molecule has 0 radical (unpaired) electrons. The van der Waals surface area contributed by atoms with Crippen molar-refractivity contribution in [2.24, 2.45) is 41.4 Å². The molecule has 1 unspecified atom stereocenters. The largest absolute Gasteiger partial charge is 0.481 e. The molecule has 1 saturated heterocycles. The van der Waals surface area contributed by atoms with Crippen molar-refractivity contribution in [1.29, 1.82) is 0 Å². The van der Waals surface area contributed by atoms with Crippen molar-refractivity contribution in [2.75, 3.05) is 34.7 Å². The number of hydrogen-bond acceptors (Lipinski definition) is 13. The molecule has 0 bridgehead atoms. The topological polar surface area (TPSA) is 342 Å². The Bertz CT molecular complexity index is 2370. The van der Waals surface area contributed by atoms with Crippen molar-refractivity contribution in [3.05, 3.63) is 12.2 Å². The molecule has 12 atom stereocenters. The van der Waals surface area contributed by atoms with E-state index in [-0.39, 0.29) is 88.5 Å². The van der Waals surface area contributed by atoms with Gasteiger partial charge in [0.2, 0.25) is 65.0 Å². The van der Waals surface area contributed by atoms with Crippen LogP contribution in [0.5, 0.6) is 0 Å². The zero-order valence-electron chi connectivity index (χ0n) is 55.5. The van der Waals surface area contributed by atoms with Gasteiger partial charge in [0.15, 0.2) is 0 Å². The number of allylic oxidation sites excluding steroid dienone is 2. The number of likely N-dealkylation sites (N-methyl/N-ethyl adjacent to an activating group) is 4. The molecule has 26 heteroatoms. The summed E-state index contributed by atoms with van der Waals surface area (Å²) in [5, 5.41) is 39.8. The summed E-state index contributed by atoms with van der Waals surface area (Å²) in [6, 6.07) is -12.9. The van der Waals surface area contributed by atoms with Gasteiger partial charge in [-0.15, -0.1) is 0 Å². The summed E-state index contributed by atoms with van der Waals surface area (Å²) >= 11 is 0. The first-order valence-corrected chi connectivity index (χ1v) is 30.5. The van der Waals surface area contributed by atoms with E-state index in [4.69, 9.17) is 5.11 Å². The lowest BCUT2D eigenvalue weighted by Crippen LogP contribution is -2.63. The van der Waals surface area contributed by atoms with Crippen LogP contribution in [0, 0.1) is 41.4 Å². The summed E-state index contributed by atoms with van der Waals surface area (Å²) < 4.78 is 0. The van der Waals surface area contributed by atoms with E-state index in [1.165, 1.54) is 51.8 Å². The molecule has 498 valence electrons. The molecule has 1 aliphatic rings. The Kier molecular flexibility index (Phi) is 35.4. The lowest BCUT2D eigenvalue weighted by atomic mass is 9.92. The van der Waals surface area contributed by atoms with Gasteiger partial charge in [-0.1, -0.05) is 109 Å². The Morgan fingerprint density at radius 2 is 0.954 bits per heavy atom. The summed E-state index contributed by atoms with van der Waals surface area (Å²) in [5.74, 6) is -11.9. The highest BCUT2D eigenvalue weighted by Gasteiger charge is 2.42. The molecule has 1 fully saturated rings. The van der Waals surface area contributed by atoms with Crippen LogP contribution in [-0.4, -0.2) is 202 Å². The van der Waals surface area contributed by atoms with Crippen molar-refractivity contribution >= 4 is 84.4 Å². The fraction of sp³-hybridized carbons (Fsp3) is 0.770. The summed E-state index contributed by atoms with van der Waals surface area (Å²) in [4.78, 5) is 173. The molecule has 0 spiro atoms. The number of aliphatic hydroxyl groups excluding tert-OH is 1. The molecule has 1 heterocycles. The van der Waals surface area contributed by atoms with E-state index in [1.807, 2.05) is 55.4 Å². The quantitative estimate of drug-likeness (QED) is 0.0890. The predicted molar refractivity (Wildman–Crippen MR) is 336 cm³/mol. The average Bonchev–Trinajstić information content (AvgIpc) is 2.63. The maximum atomic E-state index is 14.8. The number of nitrogens with zero attached hydrogens (tertiary/aromatic N) is 4. The van der Waals surface area contributed by atoms with E-state index in [1.54, 1.807) is 53.7 Å². The first-order valence-electron chi connectivity index (χ1n) is 30.5. The van der Waals surface area contributed by atoms with Gasteiger partial charge in [0.05, 0.1) is 12.6 Å². The lowest BCUT2D eigenvalue weighted by molar-refractivity contribution is -0.147. The van der Waals surface area contributed by atoms with Crippen molar-refractivity contribution in [2.45, 2.75) is 229 Å². The number of rotatable bonds is 18. The van der Waals surface area contributed by atoms with Crippen molar-refractivity contribution < 1.29 is 67.7 Å². The highest BCUT2D eigenvalue weighted by molar-refractivity contribution is 7.59. The van der Waals surface area contributed by atoms with Crippen molar-refractivity contribution in [3.63, 3.8) is 0 Å². The van der Waals surface area contributed by atoms with E-state index in [9.17, 15) is 62.6 Å². The first kappa shape index (κ1) is 80.7. The Balaban J connectivity index is 0.0000740. The number of carbonyl (C=O) groups is 12. The Hall–Kier alpha value is -6.31. The third kappa shape index (κ3) is 25.7. The normalized spacial score (nSPS) is 26.0. The smallest absolute Gasteiger partial charge is 0.303 e. The number of amides is 11. The van der Waals surface area contributed by atoms with Gasteiger partial charge in [0, 0.05) is 34.6 Å². The first-order chi connectivity index (χ1) is 39.8. The number of nitrogens with one attached hydrogen (secondary N) is 7. The molecule has 87 heavy (non-hydrogen) atoms. The van der Waals surface area contributed by atoms with Crippen LogP contribution in [0.15, 0.2) is 12.2 Å². The zero-order chi connectivity index (χ0) is 66.4. The molecular weight excluding hydrogens is 1140 g/mol. The minimum absolute atomic E-state index is 0.